The first-order valence-corrected chi connectivity index (χ1v) is 18.3. The smallest absolute Gasteiger partial charge is 0.457 e. The van der Waals surface area contributed by atoms with Crippen molar-refractivity contribution in [1.82, 2.24) is 0 Å². The molecule has 0 aliphatic heterocycles. The van der Waals surface area contributed by atoms with Crippen molar-refractivity contribution in [2.75, 3.05) is 54.1 Å². The van der Waals surface area contributed by atoms with E-state index < -0.39 is 13.9 Å². The summed E-state index contributed by atoms with van der Waals surface area (Å²) in [5, 5.41) is 0. The van der Waals surface area contributed by atoms with Gasteiger partial charge in [-0.25, -0.2) is 4.57 Å². The van der Waals surface area contributed by atoms with E-state index in [4.69, 9.17) is 18.5 Å². The maximum absolute atomic E-state index is 12.5. The number of nitrogens with zero attached hydrogens (tertiary/aromatic N) is 1. The van der Waals surface area contributed by atoms with Gasteiger partial charge >= 0.3 is 13.8 Å². The second kappa shape index (κ2) is 27.1. The molecule has 0 radical (unpaired) electrons. The molecule has 0 heterocycles. The molecule has 2 unspecified atom stereocenters. The molecule has 0 amide bonds. The number of quaternary nitrogens is 1. The molecule has 9 heteroatoms. The summed E-state index contributed by atoms with van der Waals surface area (Å²) in [6.45, 7) is 5.59. The molecular formula is C32H67NO7P+. The van der Waals surface area contributed by atoms with E-state index in [-0.39, 0.29) is 25.8 Å². The number of hydrogen-bond donors (Lipinski definition) is 1. The first kappa shape index (κ1) is 40.5. The second-order valence-electron chi connectivity index (χ2n) is 12.6. The minimum Gasteiger partial charge on any atom is -0.457 e. The molecule has 8 nitrogen and oxygen atoms in total. The van der Waals surface area contributed by atoms with Crippen molar-refractivity contribution < 1.29 is 37.3 Å². The molecule has 0 aliphatic rings. The number of unbranched alkanes of at least 4 members (excludes halogenated alkanes) is 17. The molecule has 0 fully saturated rings. The standard InChI is InChI=1S/C32H66NO7P/c1-6-8-10-12-14-15-16-17-18-19-21-23-25-32(34)40-31(29-37-27-24-22-20-13-11-9-7-2)30-39-41(35,36)38-28-26-33(3,4)5/h31H,6-30H2,1-5H3/p+1. The largest absolute Gasteiger partial charge is 0.472 e. The van der Waals surface area contributed by atoms with Gasteiger partial charge in [0, 0.05) is 13.0 Å². The van der Waals surface area contributed by atoms with Crippen LogP contribution in [0.3, 0.4) is 0 Å². The Morgan fingerprint density at radius 1 is 0.659 bits per heavy atom. The zero-order chi connectivity index (χ0) is 30.7. The minimum absolute atomic E-state index is 0.0927. The molecule has 0 aromatic carbocycles. The van der Waals surface area contributed by atoms with Crippen LogP contribution < -0.4 is 0 Å². The first-order valence-electron chi connectivity index (χ1n) is 16.8. The lowest BCUT2D eigenvalue weighted by molar-refractivity contribution is -0.870. The summed E-state index contributed by atoms with van der Waals surface area (Å²) >= 11 is 0. The number of ether oxygens (including phenoxy) is 2. The van der Waals surface area contributed by atoms with Gasteiger partial charge in [-0.3, -0.25) is 13.8 Å². The van der Waals surface area contributed by atoms with Crippen LogP contribution in [0.5, 0.6) is 0 Å². The molecule has 246 valence electrons. The molecule has 0 aromatic heterocycles. The summed E-state index contributed by atoms with van der Waals surface area (Å²) in [6, 6.07) is 0. The summed E-state index contributed by atoms with van der Waals surface area (Å²) in [4.78, 5) is 22.6. The Hall–Kier alpha value is -0.500. The summed E-state index contributed by atoms with van der Waals surface area (Å²) in [5.74, 6) is -0.316. The van der Waals surface area contributed by atoms with Gasteiger partial charge in [-0.1, -0.05) is 123 Å². The van der Waals surface area contributed by atoms with Gasteiger partial charge in [0.05, 0.1) is 34.4 Å². The Bertz CT molecular complexity index is 642. The van der Waals surface area contributed by atoms with Crippen LogP contribution in [0.25, 0.3) is 0 Å². The van der Waals surface area contributed by atoms with Crippen molar-refractivity contribution in [1.29, 1.82) is 0 Å². The zero-order valence-electron chi connectivity index (χ0n) is 27.5. The number of esters is 1. The third-order valence-electron chi connectivity index (χ3n) is 7.17. The molecule has 1 N–H and O–H groups in total. The van der Waals surface area contributed by atoms with Gasteiger partial charge < -0.3 is 18.9 Å². The molecule has 2 atom stereocenters. The van der Waals surface area contributed by atoms with Crippen LogP contribution in [-0.4, -0.2) is 75.6 Å². The monoisotopic (exact) mass is 608 g/mol. The Morgan fingerprint density at radius 3 is 1.61 bits per heavy atom. The molecule has 0 saturated carbocycles. The van der Waals surface area contributed by atoms with Gasteiger partial charge in [0.1, 0.15) is 19.3 Å². The zero-order valence-corrected chi connectivity index (χ0v) is 28.4. The lowest BCUT2D eigenvalue weighted by atomic mass is 10.0. The number of phosphoric acid groups is 1. The van der Waals surface area contributed by atoms with E-state index in [0.717, 1.165) is 32.1 Å². The molecule has 0 aliphatic carbocycles. The van der Waals surface area contributed by atoms with Crippen molar-refractivity contribution >= 4 is 13.8 Å². The van der Waals surface area contributed by atoms with Crippen LogP contribution in [0.2, 0.25) is 0 Å². The van der Waals surface area contributed by atoms with Crippen molar-refractivity contribution in [2.24, 2.45) is 0 Å². The Kier molecular flexibility index (Phi) is 26.7. The van der Waals surface area contributed by atoms with Gasteiger partial charge in [-0.2, -0.15) is 0 Å². The van der Waals surface area contributed by atoms with Crippen molar-refractivity contribution in [3.63, 3.8) is 0 Å². The second-order valence-corrected chi connectivity index (χ2v) is 14.0. The topological polar surface area (TPSA) is 91.3 Å². The molecule has 0 rings (SSSR count). The summed E-state index contributed by atoms with van der Waals surface area (Å²) < 4.78 is 34.6. The highest BCUT2D eigenvalue weighted by Crippen LogP contribution is 2.43. The molecule has 0 saturated heterocycles. The van der Waals surface area contributed by atoms with Crippen LogP contribution >= 0.6 is 7.82 Å². The predicted molar refractivity (Wildman–Crippen MR) is 169 cm³/mol. The Labute approximate surface area is 253 Å². The fourth-order valence-corrected chi connectivity index (χ4v) is 5.23. The van der Waals surface area contributed by atoms with Crippen LogP contribution in [0, 0.1) is 0 Å². The SMILES string of the molecule is CCCCCCCCCCCCCCC(=O)OC(COCCCCCCCCC)COP(=O)(O)OCC[N+](C)(C)C. The van der Waals surface area contributed by atoms with E-state index in [1.54, 1.807) is 0 Å². The van der Waals surface area contributed by atoms with E-state index in [9.17, 15) is 14.3 Å². The van der Waals surface area contributed by atoms with Gasteiger partial charge in [0.25, 0.3) is 0 Å². The highest BCUT2D eigenvalue weighted by atomic mass is 31.2. The molecule has 41 heavy (non-hydrogen) atoms. The predicted octanol–water partition coefficient (Wildman–Crippen LogP) is 8.60. The summed E-state index contributed by atoms with van der Waals surface area (Å²) in [5.41, 5.74) is 0. The maximum Gasteiger partial charge on any atom is 0.472 e. The first-order chi connectivity index (χ1) is 19.6. The van der Waals surface area contributed by atoms with E-state index in [1.807, 2.05) is 21.1 Å². The number of rotatable bonds is 31. The van der Waals surface area contributed by atoms with E-state index in [2.05, 4.69) is 13.8 Å². The average molecular weight is 609 g/mol. The average Bonchev–Trinajstić information content (AvgIpc) is 2.90. The van der Waals surface area contributed by atoms with Crippen molar-refractivity contribution in [3.8, 4) is 0 Å². The minimum atomic E-state index is -4.25. The number of carbonyl (C=O) groups excluding carboxylic acids is 1. The third-order valence-corrected chi connectivity index (χ3v) is 8.15. The molecule has 0 aromatic rings. The van der Waals surface area contributed by atoms with Crippen LogP contribution in [0.15, 0.2) is 0 Å². The Morgan fingerprint density at radius 2 is 1.12 bits per heavy atom. The normalized spacial score (nSPS) is 14.2. The van der Waals surface area contributed by atoms with Gasteiger partial charge in [0.15, 0.2) is 0 Å². The van der Waals surface area contributed by atoms with Gasteiger partial charge in [-0.05, 0) is 12.8 Å². The lowest BCUT2D eigenvalue weighted by Crippen LogP contribution is -2.37. The number of hydrogen-bond acceptors (Lipinski definition) is 6. The van der Waals surface area contributed by atoms with Crippen LogP contribution in [-0.2, 0) is 27.9 Å². The lowest BCUT2D eigenvalue weighted by Gasteiger charge is -2.24. The molecule has 0 bridgehead atoms. The quantitative estimate of drug-likeness (QED) is 0.0365. The van der Waals surface area contributed by atoms with Crippen molar-refractivity contribution in [3.05, 3.63) is 0 Å². The molecule has 0 spiro atoms. The van der Waals surface area contributed by atoms with Crippen molar-refractivity contribution in [2.45, 2.75) is 148 Å². The van der Waals surface area contributed by atoms with Crippen LogP contribution in [0.1, 0.15) is 142 Å². The van der Waals surface area contributed by atoms with E-state index in [1.165, 1.54) is 89.9 Å². The third kappa shape index (κ3) is 30.8. The molecular weight excluding hydrogens is 541 g/mol. The van der Waals surface area contributed by atoms with Gasteiger partial charge in [0.2, 0.25) is 0 Å². The summed E-state index contributed by atoms with van der Waals surface area (Å²) in [6.07, 6.45) is 22.7. The maximum atomic E-state index is 12.5. The van der Waals surface area contributed by atoms with E-state index in [0.29, 0.717) is 24.1 Å². The number of phosphoric ester groups is 1. The van der Waals surface area contributed by atoms with Crippen LogP contribution in [0.4, 0.5) is 0 Å². The fourth-order valence-electron chi connectivity index (χ4n) is 4.49. The fraction of sp³-hybridized carbons (Fsp3) is 0.969. The Balaban J connectivity index is 4.31. The highest BCUT2D eigenvalue weighted by molar-refractivity contribution is 7.47. The number of likely N-dealkylation sites (N-methyl/N-ethyl adjacent to an activating group) is 1. The van der Waals surface area contributed by atoms with Gasteiger partial charge in [-0.15, -0.1) is 0 Å². The summed E-state index contributed by atoms with van der Waals surface area (Å²) in [7, 11) is 1.67. The number of carbonyl (C=O) groups is 1. The van der Waals surface area contributed by atoms with E-state index >= 15 is 0 Å². The highest BCUT2D eigenvalue weighted by Gasteiger charge is 2.26.